The monoisotopic (exact) mass is 204 g/mol. The van der Waals surface area contributed by atoms with Gasteiger partial charge in [-0.2, -0.15) is 0 Å². The molecule has 0 heterocycles. The molecule has 0 spiro atoms. The van der Waals surface area contributed by atoms with Crippen molar-refractivity contribution in [2.75, 3.05) is 0 Å². The van der Waals surface area contributed by atoms with Crippen LogP contribution in [0.2, 0.25) is 0 Å². The predicted octanol–water partition coefficient (Wildman–Crippen LogP) is 0.417. The zero-order chi connectivity index (χ0) is 11.4. The molecule has 0 aromatic heterocycles. The number of hydrogen-bond acceptors (Lipinski definition) is 3. The molecule has 0 aromatic rings. The first kappa shape index (κ1) is 12.4. The van der Waals surface area contributed by atoms with E-state index in [0.29, 0.717) is 0 Å². The van der Waals surface area contributed by atoms with E-state index in [0.717, 1.165) is 0 Å². The van der Waals surface area contributed by atoms with Crippen molar-refractivity contribution in [3.8, 4) is 0 Å². The Morgan fingerprint density at radius 1 is 1.00 bits per heavy atom. The highest BCUT2D eigenvalue weighted by Crippen LogP contribution is 2.31. The zero-order valence-electron chi connectivity index (χ0n) is 7.69. The largest absolute Gasteiger partial charge is 0.481 e. The van der Waals surface area contributed by atoms with Crippen LogP contribution in [0.3, 0.4) is 0 Å². The van der Waals surface area contributed by atoms with Crippen molar-refractivity contribution >= 4 is 17.9 Å². The Morgan fingerprint density at radius 3 is 1.50 bits per heavy atom. The van der Waals surface area contributed by atoms with E-state index in [1.807, 2.05) is 0 Å². The molecule has 0 rings (SSSR count). The maximum Gasteiger partial charge on any atom is 0.310 e. The molecule has 0 atom stereocenters. The summed E-state index contributed by atoms with van der Waals surface area (Å²) in [6.45, 7) is 1.46. The minimum atomic E-state index is -1.70. The van der Waals surface area contributed by atoms with E-state index in [-0.39, 0.29) is 6.42 Å². The molecule has 0 radical (unpaired) electrons. The second-order valence-corrected chi connectivity index (χ2v) is 3.08. The van der Waals surface area contributed by atoms with Crippen molar-refractivity contribution in [3.63, 3.8) is 0 Å². The lowest BCUT2D eigenvalue weighted by atomic mass is 9.79. The highest BCUT2D eigenvalue weighted by Gasteiger charge is 2.41. The molecule has 0 aliphatic carbocycles. The van der Waals surface area contributed by atoms with Crippen molar-refractivity contribution < 1.29 is 29.7 Å². The molecule has 0 aliphatic heterocycles. The Kier molecular flexibility index (Phi) is 4.07. The average molecular weight is 204 g/mol. The Balaban J connectivity index is 4.87. The molecule has 0 aliphatic rings. The Hall–Kier alpha value is -1.59. The fourth-order valence-electron chi connectivity index (χ4n) is 1.19. The molecule has 14 heavy (non-hydrogen) atoms. The number of carbonyl (C=O) groups is 3. The Bertz CT molecular complexity index is 241. The maximum absolute atomic E-state index is 10.8. The quantitative estimate of drug-likeness (QED) is 0.577. The summed E-state index contributed by atoms with van der Waals surface area (Å²) in [6, 6.07) is 0. The van der Waals surface area contributed by atoms with Gasteiger partial charge in [0.2, 0.25) is 0 Å². The standard InChI is InChI=1S/C8H12O6/c1-2-8(7(13)14,3-5(9)10)4-6(11)12/h2-4H2,1H3,(H,9,10)(H,11,12)(H,13,14). The van der Waals surface area contributed by atoms with Gasteiger partial charge in [-0.1, -0.05) is 6.92 Å². The number of hydrogen-bond donors (Lipinski definition) is 3. The van der Waals surface area contributed by atoms with Crippen molar-refractivity contribution in [3.05, 3.63) is 0 Å². The van der Waals surface area contributed by atoms with Gasteiger partial charge >= 0.3 is 17.9 Å². The minimum absolute atomic E-state index is 0.0269. The first-order chi connectivity index (χ1) is 6.34. The molecule has 6 heteroatoms. The van der Waals surface area contributed by atoms with Gasteiger partial charge in [0.1, 0.15) is 0 Å². The first-order valence-corrected chi connectivity index (χ1v) is 4.01. The van der Waals surface area contributed by atoms with Gasteiger partial charge in [-0.3, -0.25) is 14.4 Å². The molecule has 0 saturated carbocycles. The summed E-state index contributed by atoms with van der Waals surface area (Å²) in [7, 11) is 0. The zero-order valence-corrected chi connectivity index (χ0v) is 7.69. The van der Waals surface area contributed by atoms with Gasteiger partial charge in [0.25, 0.3) is 0 Å². The first-order valence-electron chi connectivity index (χ1n) is 4.01. The van der Waals surface area contributed by atoms with Crippen LogP contribution in [-0.4, -0.2) is 33.2 Å². The lowest BCUT2D eigenvalue weighted by molar-refractivity contribution is -0.160. The smallest absolute Gasteiger partial charge is 0.310 e. The van der Waals surface area contributed by atoms with Gasteiger partial charge in [0.05, 0.1) is 18.3 Å². The summed E-state index contributed by atoms with van der Waals surface area (Å²) >= 11 is 0. The third-order valence-corrected chi connectivity index (χ3v) is 2.11. The van der Waals surface area contributed by atoms with E-state index in [2.05, 4.69) is 0 Å². The molecule has 0 aromatic carbocycles. The number of rotatable bonds is 6. The van der Waals surface area contributed by atoms with Crippen LogP contribution >= 0.6 is 0 Å². The fraction of sp³-hybridized carbons (Fsp3) is 0.625. The van der Waals surface area contributed by atoms with Crippen LogP contribution in [0, 0.1) is 5.41 Å². The van der Waals surface area contributed by atoms with E-state index in [4.69, 9.17) is 15.3 Å². The molecule has 0 unspecified atom stereocenters. The third-order valence-electron chi connectivity index (χ3n) is 2.11. The van der Waals surface area contributed by atoms with Crippen LogP contribution in [0.1, 0.15) is 26.2 Å². The number of carboxylic acids is 3. The van der Waals surface area contributed by atoms with E-state index < -0.39 is 36.2 Å². The minimum Gasteiger partial charge on any atom is -0.481 e. The van der Waals surface area contributed by atoms with Crippen LogP contribution in [0.15, 0.2) is 0 Å². The summed E-state index contributed by atoms with van der Waals surface area (Å²) in [5.74, 6) is -4.00. The predicted molar refractivity (Wildman–Crippen MR) is 44.9 cm³/mol. The van der Waals surface area contributed by atoms with E-state index >= 15 is 0 Å². The lowest BCUT2D eigenvalue weighted by Crippen LogP contribution is -2.35. The second-order valence-electron chi connectivity index (χ2n) is 3.08. The SMILES string of the molecule is CCC(CC(=O)O)(CC(=O)O)C(=O)O. The second kappa shape index (κ2) is 4.59. The van der Waals surface area contributed by atoms with Crippen LogP contribution in [0.25, 0.3) is 0 Å². The highest BCUT2D eigenvalue weighted by molar-refractivity contribution is 5.85. The Labute approximate surface area is 80.2 Å². The van der Waals surface area contributed by atoms with Crippen LogP contribution in [-0.2, 0) is 14.4 Å². The average Bonchev–Trinajstić information content (AvgIpc) is 2.00. The molecule has 3 N–H and O–H groups in total. The van der Waals surface area contributed by atoms with Crippen LogP contribution < -0.4 is 0 Å². The molecule has 80 valence electrons. The van der Waals surface area contributed by atoms with Gasteiger partial charge < -0.3 is 15.3 Å². The van der Waals surface area contributed by atoms with Gasteiger partial charge in [0, 0.05) is 0 Å². The normalized spacial score (nSPS) is 10.9. The van der Waals surface area contributed by atoms with E-state index in [9.17, 15) is 14.4 Å². The summed E-state index contributed by atoms with van der Waals surface area (Å²) in [5.41, 5.74) is -1.70. The van der Waals surface area contributed by atoms with Crippen molar-refractivity contribution in [2.45, 2.75) is 26.2 Å². The van der Waals surface area contributed by atoms with Gasteiger partial charge in [-0.15, -0.1) is 0 Å². The molecule has 0 bridgehead atoms. The van der Waals surface area contributed by atoms with Gasteiger partial charge in [0.15, 0.2) is 0 Å². The van der Waals surface area contributed by atoms with E-state index in [1.54, 1.807) is 0 Å². The molecule has 0 saturated heterocycles. The van der Waals surface area contributed by atoms with Gasteiger partial charge in [-0.05, 0) is 6.42 Å². The molecular formula is C8H12O6. The Morgan fingerprint density at radius 2 is 1.36 bits per heavy atom. The lowest BCUT2D eigenvalue weighted by Gasteiger charge is -2.23. The van der Waals surface area contributed by atoms with E-state index in [1.165, 1.54) is 6.92 Å². The summed E-state index contributed by atoms with van der Waals surface area (Å²) in [4.78, 5) is 31.6. The summed E-state index contributed by atoms with van der Waals surface area (Å²) in [5, 5.41) is 25.8. The van der Waals surface area contributed by atoms with Crippen molar-refractivity contribution in [1.29, 1.82) is 0 Å². The number of carboxylic acid groups (broad SMARTS) is 3. The van der Waals surface area contributed by atoms with Crippen LogP contribution in [0.5, 0.6) is 0 Å². The molecular weight excluding hydrogens is 192 g/mol. The van der Waals surface area contributed by atoms with Crippen molar-refractivity contribution in [1.82, 2.24) is 0 Å². The van der Waals surface area contributed by atoms with Gasteiger partial charge in [-0.25, -0.2) is 0 Å². The summed E-state index contributed by atoms with van der Waals surface area (Å²) < 4.78 is 0. The maximum atomic E-state index is 10.8. The molecule has 0 fully saturated rings. The molecule has 0 amide bonds. The highest BCUT2D eigenvalue weighted by atomic mass is 16.4. The number of aliphatic carboxylic acids is 3. The third kappa shape index (κ3) is 3.04. The fourth-order valence-corrected chi connectivity index (χ4v) is 1.19. The summed E-state index contributed by atoms with van der Waals surface area (Å²) in [6.07, 6.45) is -1.38. The van der Waals surface area contributed by atoms with Crippen molar-refractivity contribution in [2.24, 2.45) is 5.41 Å². The van der Waals surface area contributed by atoms with Crippen LogP contribution in [0.4, 0.5) is 0 Å². The topological polar surface area (TPSA) is 112 Å². The molecule has 6 nitrogen and oxygen atoms in total.